The normalized spacial score (nSPS) is 17.9. The molecule has 2 aliphatic rings. The summed E-state index contributed by atoms with van der Waals surface area (Å²) in [7, 11) is 0. The Morgan fingerprint density at radius 2 is 1.84 bits per heavy atom. The summed E-state index contributed by atoms with van der Waals surface area (Å²) in [6.07, 6.45) is 1.52. The summed E-state index contributed by atoms with van der Waals surface area (Å²) in [6.45, 7) is 5.10. The molecule has 0 bridgehead atoms. The maximum atomic E-state index is 14.0. The third kappa shape index (κ3) is 7.32. The van der Waals surface area contributed by atoms with Crippen molar-refractivity contribution in [2.24, 2.45) is 5.92 Å². The molecule has 234 valence electrons. The first-order valence-corrected chi connectivity index (χ1v) is 14.4. The Labute approximate surface area is 252 Å². The molecule has 1 aliphatic carbocycles. The van der Waals surface area contributed by atoms with Crippen molar-refractivity contribution in [3.63, 3.8) is 0 Å². The molecule has 0 radical (unpaired) electrons. The number of carboxylic acid groups (broad SMARTS) is 1. The molecule has 5 rings (SSSR count). The molecule has 3 aromatic rings. The first-order chi connectivity index (χ1) is 20.8. The zero-order valence-electron chi connectivity index (χ0n) is 24.8. The molecule has 13 heteroatoms. The number of carboxylic acids is 1. The number of aliphatic carboxylic acids is 1. The Kier molecular flexibility index (Phi) is 8.57. The molecule has 1 atom stereocenters. The van der Waals surface area contributed by atoms with Crippen LogP contribution in [0, 0.1) is 5.92 Å². The van der Waals surface area contributed by atoms with Gasteiger partial charge in [-0.05, 0) is 56.7 Å². The van der Waals surface area contributed by atoms with Crippen LogP contribution < -0.4 is 5.32 Å². The predicted octanol–water partition coefficient (Wildman–Crippen LogP) is 5.61. The lowest BCUT2D eigenvalue weighted by molar-refractivity contribution is -0.132. The van der Waals surface area contributed by atoms with Gasteiger partial charge in [-0.3, -0.25) is 4.90 Å². The largest absolute Gasteiger partial charge is 0.478 e. The van der Waals surface area contributed by atoms with Gasteiger partial charge in [-0.2, -0.15) is 5.10 Å². The van der Waals surface area contributed by atoms with Crippen LogP contribution in [0.15, 0.2) is 54.4 Å². The van der Waals surface area contributed by atoms with Gasteiger partial charge in [0.2, 0.25) is 5.92 Å². The van der Waals surface area contributed by atoms with Crippen molar-refractivity contribution >= 4 is 29.4 Å². The van der Waals surface area contributed by atoms with E-state index in [2.05, 4.69) is 15.4 Å². The number of alkyl halides is 2. The van der Waals surface area contributed by atoms with Gasteiger partial charge in [0.15, 0.2) is 5.65 Å². The minimum Gasteiger partial charge on any atom is -0.478 e. The number of nitrogens with one attached hydrogen (secondary N) is 1. The van der Waals surface area contributed by atoms with Crippen LogP contribution in [0.3, 0.4) is 0 Å². The van der Waals surface area contributed by atoms with Crippen LogP contribution in [0.5, 0.6) is 0 Å². The molecular weight excluding hydrogens is 576 g/mol. The number of fused-ring (bicyclic) bond motifs is 1. The van der Waals surface area contributed by atoms with Crippen LogP contribution in [0.2, 0.25) is 0 Å². The van der Waals surface area contributed by atoms with Gasteiger partial charge in [0.25, 0.3) is 0 Å². The van der Waals surface area contributed by atoms with Gasteiger partial charge in [-0.15, -0.1) is 0 Å². The molecule has 1 fully saturated rings. The number of hydrogen-bond donors (Lipinski definition) is 2. The second-order valence-corrected chi connectivity index (χ2v) is 12.2. The zero-order valence-corrected chi connectivity index (χ0v) is 24.8. The fourth-order valence-electron chi connectivity index (χ4n) is 5.48. The Bertz CT molecular complexity index is 1570. The maximum absolute atomic E-state index is 14.0. The van der Waals surface area contributed by atoms with E-state index in [0.717, 1.165) is 5.56 Å². The molecule has 1 aromatic carbocycles. The Morgan fingerprint density at radius 1 is 1.14 bits per heavy atom. The number of benzene rings is 1. The van der Waals surface area contributed by atoms with E-state index in [0.29, 0.717) is 22.5 Å². The number of alkyl carbamates (subject to hydrolysis) is 1. The number of amides is 2. The smallest absolute Gasteiger partial charge is 0.410 e. The number of nitrogens with zero attached hydrogens (tertiary/aromatic N) is 4. The zero-order chi connectivity index (χ0) is 31.6. The van der Waals surface area contributed by atoms with Crippen molar-refractivity contribution in [1.82, 2.24) is 24.8 Å². The van der Waals surface area contributed by atoms with Crippen molar-refractivity contribution in [3.05, 3.63) is 71.2 Å². The van der Waals surface area contributed by atoms with E-state index >= 15 is 0 Å². The Balaban J connectivity index is 1.39. The van der Waals surface area contributed by atoms with Gasteiger partial charge >= 0.3 is 18.2 Å². The van der Waals surface area contributed by atoms with Crippen LogP contribution in [0.25, 0.3) is 11.2 Å². The highest BCUT2D eigenvalue weighted by Gasteiger charge is 2.40. The van der Waals surface area contributed by atoms with E-state index in [9.17, 15) is 28.3 Å². The molecule has 1 saturated carbocycles. The van der Waals surface area contributed by atoms with Gasteiger partial charge in [0.05, 0.1) is 42.8 Å². The summed E-state index contributed by atoms with van der Waals surface area (Å²) in [6, 6.07) is 10.1. The van der Waals surface area contributed by atoms with E-state index in [1.54, 1.807) is 33.0 Å². The SMILES string of the molecule is CC(C)(C)OC(=O)N1CC(C(=O)O)=C(c2cnn3cc([C@@H](NC(=O)OCc4ccccc4)C4CCC(F)(F)CC4)nc3c2)C1. The van der Waals surface area contributed by atoms with E-state index in [1.165, 1.54) is 15.6 Å². The van der Waals surface area contributed by atoms with Crippen molar-refractivity contribution in [2.45, 2.75) is 70.6 Å². The van der Waals surface area contributed by atoms with Gasteiger partial charge in [-0.1, -0.05) is 30.3 Å². The average molecular weight is 612 g/mol. The van der Waals surface area contributed by atoms with Crippen LogP contribution in [-0.4, -0.2) is 67.4 Å². The third-order valence-corrected chi connectivity index (χ3v) is 7.70. The van der Waals surface area contributed by atoms with E-state index in [-0.39, 0.29) is 56.9 Å². The number of halogens is 2. The van der Waals surface area contributed by atoms with E-state index < -0.39 is 35.7 Å². The fraction of sp³-hybridized carbons (Fsp3) is 0.452. The molecule has 44 heavy (non-hydrogen) atoms. The van der Waals surface area contributed by atoms with Crippen LogP contribution >= 0.6 is 0 Å². The lowest BCUT2D eigenvalue weighted by Crippen LogP contribution is -2.37. The highest BCUT2D eigenvalue weighted by atomic mass is 19.3. The second kappa shape index (κ2) is 12.2. The predicted molar refractivity (Wildman–Crippen MR) is 155 cm³/mol. The van der Waals surface area contributed by atoms with E-state index in [1.807, 2.05) is 30.3 Å². The van der Waals surface area contributed by atoms with Gasteiger partial charge < -0.3 is 19.9 Å². The molecule has 0 saturated heterocycles. The minimum atomic E-state index is -2.76. The molecule has 1 aliphatic heterocycles. The Hall–Kier alpha value is -4.55. The number of rotatable bonds is 7. The number of imidazole rings is 1. The first kappa shape index (κ1) is 30.9. The molecule has 2 amide bonds. The number of carbonyl (C=O) groups is 3. The summed E-state index contributed by atoms with van der Waals surface area (Å²) in [5.41, 5.74) is 1.72. The molecule has 0 spiro atoms. The fourth-order valence-corrected chi connectivity index (χ4v) is 5.48. The highest BCUT2D eigenvalue weighted by Crippen LogP contribution is 2.41. The lowest BCUT2D eigenvalue weighted by atomic mass is 9.81. The van der Waals surface area contributed by atoms with E-state index in [4.69, 9.17) is 9.47 Å². The molecule has 11 nitrogen and oxygen atoms in total. The van der Waals surface area contributed by atoms with Crippen LogP contribution in [0.4, 0.5) is 18.4 Å². The first-order valence-electron chi connectivity index (χ1n) is 14.4. The maximum Gasteiger partial charge on any atom is 0.410 e. The molecule has 0 unspecified atom stereocenters. The molecule has 2 N–H and O–H groups in total. The van der Waals surface area contributed by atoms with Crippen LogP contribution in [-0.2, 0) is 20.9 Å². The van der Waals surface area contributed by atoms with Gasteiger partial charge in [0.1, 0.15) is 12.2 Å². The van der Waals surface area contributed by atoms with Crippen molar-refractivity contribution < 1.29 is 37.7 Å². The summed E-state index contributed by atoms with van der Waals surface area (Å²) < 4.78 is 40.3. The number of ether oxygens (including phenoxy) is 2. The Morgan fingerprint density at radius 3 is 2.50 bits per heavy atom. The number of aromatic nitrogens is 3. The van der Waals surface area contributed by atoms with Crippen molar-refractivity contribution in [1.29, 1.82) is 0 Å². The lowest BCUT2D eigenvalue weighted by Gasteiger charge is -2.33. The number of hydrogen-bond acceptors (Lipinski definition) is 7. The summed E-state index contributed by atoms with van der Waals surface area (Å²) in [5, 5.41) is 17.1. The average Bonchev–Trinajstić information content (AvgIpc) is 3.60. The van der Waals surface area contributed by atoms with Gasteiger partial charge in [-0.25, -0.2) is 32.7 Å². The van der Waals surface area contributed by atoms with Crippen LogP contribution in [0.1, 0.15) is 69.3 Å². The monoisotopic (exact) mass is 611 g/mol. The molecule has 2 aromatic heterocycles. The quantitative estimate of drug-likeness (QED) is 0.352. The standard InChI is InChI=1S/C31H35F2N5O6/c1-30(2,3)44-29(42)37-15-22(23(16-37)27(39)40)21-13-25-35-24(17-38(25)34-14-21)26(20-9-11-31(32,33)12-10-20)36-28(41)43-18-19-7-5-4-6-8-19/h4-8,13-14,17,20,26H,9-12,15-16,18H2,1-3H3,(H,36,41)(H,39,40)/t26-/m0/s1. The van der Waals surface area contributed by atoms with Crippen molar-refractivity contribution in [2.75, 3.05) is 13.1 Å². The highest BCUT2D eigenvalue weighted by molar-refractivity contribution is 6.00. The van der Waals surface area contributed by atoms with Crippen molar-refractivity contribution in [3.8, 4) is 0 Å². The summed E-state index contributed by atoms with van der Waals surface area (Å²) >= 11 is 0. The van der Waals surface area contributed by atoms with Gasteiger partial charge in [0, 0.05) is 18.4 Å². The third-order valence-electron chi connectivity index (χ3n) is 7.70. The second-order valence-electron chi connectivity index (χ2n) is 12.2. The topological polar surface area (TPSA) is 135 Å². The molecule has 3 heterocycles. The molecular formula is C31H35F2N5O6. The summed E-state index contributed by atoms with van der Waals surface area (Å²) in [5.74, 6) is -4.24. The number of carbonyl (C=O) groups excluding carboxylic acids is 2. The summed E-state index contributed by atoms with van der Waals surface area (Å²) in [4.78, 5) is 43.6. The minimum absolute atomic E-state index is 0.00961.